The minimum Gasteiger partial charge on any atom is -0.454 e. The molecule has 2 aliphatic rings. The molecule has 1 saturated heterocycles. The molecule has 1 N–H and O–H groups in total. The highest BCUT2D eigenvalue weighted by Crippen LogP contribution is 2.33. The van der Waals surface area contributed by atoms with Crippen molar-refractivity contribution in [1.29, 1.82) is 0 Å². The highest BCUT2D eigenvalue weighted by atomic mass is 16.7. The summed E-state index contributed by atoms with van der Waals surface area (Å²) in [7, 11) is 0. The van der Waals surface area contributed by atoms with Crippen molar-refractivity contribution >= 4 is 11.8 Å². The lowest BCUT2D eigenvalue weighted by Gasteiger charge is -2.40. The smallest absolute Gasteiger partial charge is 0.231 e. The summed E-state index contributed by atoms with van der Waals surface area (Å²) in [6, 6.07) is 5.73. The van der Waals surface area contributed by atoms with Gasteiger partial charge in [-0.05, 0) is 36.0 Å². The van der Waals surface area contributed by atoms with Crippen LogP contribution in [0, 0.1) is 17.3 Å². The van der Waals surface area contributed by atoms with E-state index < -0.39 is 0 Å². The standard InChI is InChI=1S/C22H32N2O4/c1-5-16-13-24(21(26)22(2,3)4)9-8-17(16)11-20(25)23-12-15-6-7-18-19(10-15)28-14-27-18/h6-7,10,16-17H,5,8-9,11-14H2,1-4H3,(H,23,25)/t16-,17-/m0/s1. The Morgan fingerprint density at radius 1 is 1.18 bits per heavy atom. The van der Waals surface area contributed by atoms with Crippen LogP contribution in [-0.4, -0.2) is 36.6 Å². The first kappa shape index (κ1) is 20.5. The van der Waals surface area contributed by atoms with Crippen molar-refractivity contribution in [2.75, 3.05) is 19.9 Å². The molecule has 1 aromatic carbocycles. The van der Waals surface area contributed by atoms with Gasteiger partial charge >= 0.3 is 0 Å². The molecule has 28 heavy (non-hydrogen) atoms. The number of likely N-dealkylation sites (tertiary alicyclic amines) is 1. The van der Waals surface area contributed by atoms with Gasteiger partial charge in [-0.1, -0.05) is 40.2 Å². The highest BCUT2D eigenvalue weighted by Gasteiger charge is 2.35. The Hall–Kier alpha value is -2.24. The number of hydrogen-bond donors (Lipinski definition) is 1. The number of piperidine rings is 1. The zero-order chi connectivity index (χ0) is 20.3. The zero-order valence-corrected chi connectivity index (χ0v) is 17.4. The van der Waals surface area contributed by atoms with Gasteiger partial charge in [0.15, 0.2) is 11.5 Å². The Kier molecular flexibility index (Phi) is 6.16. The quantitative estimate of drug-likeness (QED) is 0.840. The van der Waals surface area contributed by atoms with E-state index in [1.807, 2.05) is 43.9 Å². The number of nitrogens with zero attached hydrogens (tertiary/aromatic N) is 1. The monoisotopic (exact) mass is 388 g/mol. The van der Waals surface area contributed by atoms with Crippen LogP contribution in [0.3, 0.4) is 0 Å². The van der Waals surface area contributed by atoms with Gasteiger partial charge in [0, 0.05) is 31.5 Å². The average molecular weight is 389 g/mol. The molecule has 0 spiro atoms. The fraction of sp³-hybridized carbons (Fsp3) is 0.636. The molecule has 0 unspecified atom stereocenters. The summed E-state index contributed by atoms with van der Waals surface area (Å²) in [6.07, 6.45) is 2.38. The molecule has 0 aromatic heterocycles. The number of amides is 2. The van der Waals surface area contributed by atoms with E-state index >= 15 is 0 Å². The van der Waals surface area contributed by atoms with Gasteiger partial charge in [0.1, 0.15) is 0 Å². The SMILES string of the molecule is CC[C@H]1CN(C(=O)C(C)(C)C)CC[C@H]1CC(=O)NCc1ccc2c(c1)OCO2. The molecule has 2 heterocycles. The Labute approximate surface area is 167 Å². The molecule has 1 aromatic rings. The summed E-state index contributed by atoms with van der Waals surface area (Å²) in [6.45, 7) is 10.3. The normalized spacial score (nSPS) is 21.5. The van der Waals surface area contributed by atoms with E-state index in [0.29, 0.717) is 24.8 Å². The number of nitrogens with one attached hydrogen (secondary N) is 1. The largest absolute Gasteiger partial charge is 0.454 e. The summed E-state index contributed by atoms with van der Waals surface area (Å²) < 4.78 is 10.7. The minimum absolute atomic E-state index is 0.0664. The second-order valence-corrected chi connectivity index (χ2v) is 8.89. The van der Waals surface area contributed by atoms with E-state index in [9.17, 15) is 9.59 Å². The molecule has 0 radical (unpaired) electrons. The van der Waals surface area contributed by atoms with Crippen LogP contribution in [0.25, 0.3) is 0 Å². The van der Waals surface area contributed by atoms with Crippen LogP contribution in [0.15, 0.2) is 18.2 Å². The third-order valence-corrected chi connectivity index (χ3v) is 5.72. The van der Waals surface area contributed by atoms with Crippen molar-refractivity contribution in [3.05, 3.63) is 23.8 Å². The predicted octanol–water partition coefficient (Wildman–Crippen LogP) is 3.34. The molecular formula is C22H32N2O4. The number of carbonyl (C=O) groups is 2. The van der Waals surface area contributed by atoms with Crippen LogP contribution < -0.4 is 14.8 Å². The maximum atomic E-state index is 12.6. The van der Waals surface area contributed by atoms with E-state index in [0.717, 1.165) is 43.0 Å². The number of hydrogen-bond acceptors (Lipinski definition) is 4. The number of fused-ring (bicyclic) bond motifs is 1. The minimum atomic E-state index is -0.354. The summed E-state index contributed by atoms with van der Waals surface area (Å²) in [4.78, 5) is 27.1. The van der Waals surface area contributed by atoms with Crippen molar-refractivity contribution in [2.24, 2.45) is 17.3 Å². The summed E-state index contributed by atoms with van der Waals surface area (Å²) >= 11 is 0. The van der Waals surface area contributed by atoms with E-state index in [1.165, 1.54) is 0 Å². The molecule has 2 amide bonds. The number of rotatable bonds is 5. The molecule has 0 saturated carbocycles. The van der Waals surface area contributed by atoms with Crippen LogP contribution in [-0.2, 0) is 16.1 Å². The molecular weight excluding hydrogens is 356 g/mol. The van der Waals surface area contributed by atoms with E-state index in [2.05, 4.69) is 12.2 Å². The van der Waals surface area contributed by atoms with Crippen molar-refractivity contribution in [1.82, 2.24) is 10.2 Å². The average Bonchev–Trinajstić information content (AvgIpc) is 3.13. The third kappa shape index (κ3) is 4.78. The van der Waals surface area contributed by atoms with Gasteiger partial charge in [-0.2, -0.15) is 0 Å². The molecule has 3 rings (SSSR count). The van der Waals surface area contributed by atoms with Gasteiger partial charge in [0.2, 0.25) is 18.6 Å². The highest BCUT2D eigenvalue weighted by molar-refractivity contribution is 5.81. The fourth-order valence-electron chi connectivity index (χ4n) is 4.03. The molecule has 0 aliphatic carbocycles. The summed E-state index contributed by atoms with van der Waals surface area (Å²) in [5.41, 5.74) is 0.642. The molecule has 6 nitrogen and oxygen atoms in total. The second-order valence-electron chi connectivity index (χ2n) is 8.89. The van der Waals surface area contributed by atoms with Crippen LogP contribution in [0.4, 0.5) is 0 Å². The number of benzene rings is 1. The Bertz CT molecular complexity index is 726. The lowest BCUT2D eigenvalue weighted by molar-refractivity contribution is -0.142. The maximum absolute atomic E-state index is 12.6. The first-order valence-electron chi connectivity index (χ1n) is 10.2. The molecule has 6 heteroatoms. The van der Waals surface area contributed by atoms with E-state index in [1.54, 1.807) is 0 Å². The Balaban J connectivity index is 1.50. The van der Waals surface area contributed by atoms with Gasteiger partial charge in [0.25, 0.3) is 0 Å². The summed E-state index contributed by atoms with van der Waals surface area (Å²) in [5, 5.41) is 3.02. The van der Waals surface area contributed by atoms with Gasteiger partial charge in [-0.3, -0.25) is 9.59 Å². The zero-order valence-electron chi connectivity index (χ0n) is 17.4. The van der Waals surface area contributed by atoms with Crippen molar-refractivity contribution < 1.29 is 19.1 Å². The molecule has 2 aliphatic heterocycles. The maximum Gasteiger partial charge on any atom is 0.231 e. The van der Waals surface area contributed by atoms with Gasteiger partial charge in [-0.15, -0.1) is 0 Å². The number of ether oxygens (including phenoxy) is 2. The Morgan fingerprint density at radius 3 is 2.64 bits per heavy atom. The third-order valence-electron chi connectivity index (χ3n) is 5.72. The van der Waals surface area contributed by atoms with Crippen molar-refractivity contribution in [2.45, 2.75) is 53.5 Å². The van der Waals surface area contributed by atoms with Gasteiger partial charge in [0.05, 0.1) is 0 Å². The van der Waals surface area contributed by atoms with Crippen LogP contribution in [0.1, 0.15) is 52.5 Å². The van der Waals surface area contributed by atoms with Crippen molar-refractivity contribution in [3.63, 3.8) is 0 Å². The molecule has 154 valence electrons. The van der Waals surface area contributed by atoms with E-state index in [4.69, 9.17) is 9.47 Å². The van der Waals surface area contributed by atoms with Crippen molar-refractivity contribution in [3.8, 4) is 11.5 Å². The topological polar surface area (TPSA) is 67.9 Å². The summed E-state index contributed by atoms with van der Waals surface area (Å²) in [5.74, 6) is 2.45. The first-order chi connectivity index (χ1) is 13.3. The fourth-order valence-corrected chi connectivity index (χ4v) is 4.03. The van der Waals surface area contributed by atoms with Crippen LogP contribution in [0.2, 0.25) is 0 Å². The predicted molar refractivity (Wildman–Crippen MR) is 107 cm³/mol. The van der Waals surface area contributed by atoms with Crippen LogP contribution >= 0.6 is 0 Å². The van der Waals surface area contributed by atoms with Gasteiger partial charge in [-0.25, -0.2) is 0 Å². The van der Waals surface area contributed by atoms with E-state index in [-0.39, 0.29) is 24.0 Å². The Morgan fingerprint density at radius 2 is 1.93 bits per heavy atom. The van der Waals surface area contributed by atoms with Crippen LogP contribution in [0.5, 0.6) is 11.5 Å². The molecule has 1 fully saturated rings. The van der Waals surface area contributed by atoms with Gasteiger partial charge < -0.3 is 19.7 Å². The number of carbonyl (C=O) groups excluding carboxylic acids is 2. The first-order valence-corrected chi connectivity index (χ1v) is 10.2. The molecule has 2 atom stereocenters. The second kappa shape index (κ2) is 8.41. The molecule has 0 bridgehead atoms. The lowest BCUT2D eigenvalue weighted by Crippen LogP contribution is -2.48. The lowest BCUT2D eigenvalue weighted by atomic mass is 9.80.